The van der Waals surface area contributed by atoms with E-state index in [1.54, 1.807) is 11.8 Å². The van der Waals surface area contributed by atoms with Crippen LogP contribution in [-0.4, -0.2) is 23.1 Å². The number of hydrogen-bond acceptors (Lipinski definition) is 3. The molecule has 1 aliphatic heterocycles. The maximum atomic E-state index is 13.4. The Labute approximate surface area is 186 Å². The van der Waals surface area contributed by atoms with Crippen LogP contribution in [0.5, 0.6) is 5.75 Å². The number of fused-ring (bicyclic) bond motifs is 1. The van der Waals surface area contributed by atoms with Crippen LogP contribution in [0.25, 0.3) is 10.8 Å². The lowest BCUT2D eigenvalue weighted by atomic mass is 10.1. The summed E-state index contributed by atoms with van der Waals surface area (Å²) in [5, 5.41) is 2.24. The fourth-order valence-electron chi connectivity index (χ4n) is 3.94. The van der Waals surface area contributed by atoms with Crippen molar-refractivity contribution in [3.63, 3.8) is 0 Å². The van der Waals surface area contributed by atoms with Gasteiger partial charge in [0.15, 0.2) is 0 Å². The number of carbonyl (C=O) groups is 1. The average Bonchev–Trinajstić information content (AvgIpc) is 3.33. The SMILES string of the molecule is O=C(c1ccc2ccccc2c1)N1CCSC1c1cccc(OCc2ccccc2)c1. The summed E-state index contributed by atoms with van der Waals surface area (Å²) >= 11 is 1.80. The third kappa shape index (κ3) is 4.30. The highest BCUT2D eigenvalue weighted by molar-refractivity contribution is 7.99. The van der Waals surface area contributed by atoms with Gasteiger partial charge in [-0.1, -0.05) is 72.8 Å². The van der Waals surface area contributed by atoms with Crippen molar-refractivity contribution in [2.24, 2.45) is 0 Å². The Morgan fingerprint density at radius 2 is 1.68 bits per heavy atom. The number of ether oxygens (including phenoxy) is 1. The molecule has 154 valence electrons. The average molecular weight is 426 g/mol. The van der Waals surface area contributed by atoms with Crippen LogP contribution in [0.4, 0.5) is 0 Å². The van der Waals surface area contributed by atoms with Gasteiger partial charge in [0.2, 0.25) is 0 Å². The largest absolute Gasteiger partial charge is 0.489 e. The third-order valence-electron chi connectivity index (χ3n) is 5.54. The van der Waals surface area contributed by atoms with Gasteiger partial charge in [-0.25, -0.2) is 0 Å². The van der Waals surface area contributed by atoms with E-state index in [0.717, 1.165) is 45.5 Å². The maximum absolute atomic E-state index is 13.4. The Bertz CT molecular complexity index is 1210. The summed E-state index contributed by atoms with van der Waals surface area (Å²) in [6, 6.07) is 32.4. The van der Waals surface area contributed by atoms with Crippen LogP contribution in [-0.2, 0) is 6.61 Å². The lowest BCUT2D eigenvalue weighted by Gasteiger charge is -2.25. The fraction of sp³-hybridized carbons (Fsp3) is 0.148. The van der Waals surface area contributed by atoms with Crippen LogP contribution in [0.1, 0.15) is 26.9 Å². The van der Waals surface area contributed by atoms with E-state index in [-0.39, 0.29) is 11.3 Å². The van der Waals surface area contributed by atoms with Gasteiger partial charge in [0.1, 0.15) is 17.7 Å². The zero-order valence-corrected chi connectivity index (χ0v) is 17.9. The zero-order valence-electron chi connectivity index (χ0n) is 17.1. The van der Waals surface area contributed by atoms with E-state index in [9.17, 15) is 4.79 Å². The number of thioether (sulfide) groups is 1. The van der Waals surface area contributed by atoms with Crippen molar-refractivity contribution in [3.8, 4) is 5.75 Å². The second-order valence-corrected chi connectivity index (χ2v) is 8.82. The van der Waals surface area contributed by atoms with Gasteiger partial charge >= 0.3 is 0 Å². The van der Waals surface area contributed by atoms with Gasteiger partial charge in [0.25, 0.3) is 5.91 Å². The predicted octanol–water partition coefficient (Wildman–Crippen LogP) is 6.31. The van der Waals surface area contributed by atoms with Gasteiger partial charge in [-0.05, 0) is 46.2 Å². The highest BCUT2D eigenvalue weighted by Gasteiger charge is 2.31. The summed E-state index contributed by atoms with van der Waals surface area (Å²) in [6.45, 7) is 1.28. The smallest absolute Gasteiger partial charge is 0.255 e. The topological polar surface area (TPSA) is 29.5 Å². The molecule has 1 amide bonds. The number of amides is 1. The lowest BCUT2D eigenvalue weighted by Crippen LogP contribution is -2.30. The number of nitrogens with zero attached hydrogens (tertiary/aromatic N) is 1. The molecule has 0 aliphatic carbocycles. The van der Waals surface area contributed by atoms with Gasteiger partial charge in [0.05, 0.1) is 0 Å². The van der Waals surface area contributed by atoms with E-state index >= 15 is 0 Å². The Morgan fingerprint density at radius 1 is 0.871 bits per heavy atom. The van der Waals surface area contributed by atoms with Gasteiger partial charge in [-0.3, -0.25) is 4.79 Å². The summed E-state index contributed by atoms with van der Waals surface area (Å²) in [5.41, 5.74) is 2.97. The van der Waals surface area contributed by atoms with Gasteiger partial charge < -0.3 is 9.64 Å². The molecule has 5 rings (SSSR count). The minimum absolute atomic E-state index is 0.000699. The van der Waals surface area contributed by atoms with Gasteiger partial charge in [-0.15, -0.1) is 11.8 Å². The molecule has 0 saturated carbocycles. The first kappa shape index (κ1) is 19.7. The molecular formula is C27H23NO2S. The molecule has 0 radical (unpaired) electrons. The first-order chi connectivity index (χ1) is 15.3. The van der Waals surface area contributed by atoms with Crippen LogP contribution in [0.15, 0.2) is 97.1 Å². The van der Waals surface area contributed by atoms with Crippen molar-refractivity contribution in [2.45, 2.75) is 12.0 Å². The van der Waals surface area contributed by atoms with E-state index in [1.807, 2.05) is 65.6 Å². The molecule has 0 N–H and O–H groups in total. The highest BCUT2D eigenvalue weighted by atomic mass is 32.2. The summed E-state index contributed by atoms with van der Waals surface area (Å²) in [7, 11) is 0. The molecule has 0 spiro atoms. The van der Waals surface area contributed by atoms with Gasteiger partial charge in [-0.2, -0.15) is 0 Å². The Morgan fingerprint density at radius 3 is 2.55 bits per heavy atom. The molecule has 3 nitrogen and oxygen atoms in total. The van der Waals surface area contributed by atoms with Crippen LogP contribution >= 0.6 is 11.8 Å². The minimum atomic E-state index is -0.000699. The summed E-state index contributed by atoms with van der Waals surface area (Å²) in [5.74, 6) is 1.84. The molecule has 0 bridgehead atoms. The normalized spacial score (nSPS) is 15.9. The van der Waals surface area contributed by atoms with Crippen molar-refractivity contribution < 1.29 is 9.53 Å². The highest BCUT2D eigenvalue weighted by Crippen LogP contribution is 2.40. The van der Waals surface area contributed by atoms with E-state index in [0.29, 0.717) is 6.61 Å². The number of hydrogen-bond donors (Lipinski definition) is 0. The monoisotopic (exact) mass is 425 g/mol. The van der Waals surface area contributed by atoms with Crippen LogP contribution in [0.3, 0.4) is 0 Å². The van der Waals surface area contributed by atoms with Crippen molar-refractivity contribution in [1.82, 2.24) is 4.90 Å². The summed E-state index contributed by atoms with van der Waals surface area (Å²) in [6.07, 6.45) is 0. The first-order valence-electron chi connectivity index (χ1n) is 10.5. The quantitative estimate of drug-likeness (QED) is 0.375. The molecular weight excluding hydrogens is 402 g/mol. The fourth-order valence-corrected chi connectivity index (χ4v) is 5.19. The molecule has 1 saturated heterocycles. The van der Waals surface area contributed by atoms with Crippen LogP contribution in [0.2, 0.25) is 0 Å². The number of benzene rings is 4. The Balaban J connectivity index is 1.35. The number of rotatable bonds is 5. The van der Waals surface area contributed by atoms with Crippen molar-refractivity contribution in [1.29, 1.82) is 0 Å². The van der Waals surface area contributed by atoms with E-state index in [4.69, 9.17) is 4.74 Å². The molecule has 1 fully saturated rings. The predicted molar refractivity (Wildman–Crippen MR) is 127 cm³/mol. The number of carbonyl (C=O) groups excluding carboxylic acids is 1. The molecule has 31 heavy (non-hydrogen) atoms. The molecule has 4 aromatic rings. The lowest BCUT2D eigenvalue weighted by molar-refractivity contribution is 0.0760. The second kappa shape index (κ2) is 8.86. The van der Waals surface area contributed by atoms with E-state index in [1.165, 1.54) is 0 Å². The molecule has 1 atom stereocenters. The van der Waals surface area contributed by atoms with Crippen molar-refractivity contribution in [2.75, 3.05) is 12.3 Å². The van der Waals surface area contributed by atoms with Gasteiger partial charge in [0, 0.05) is 17.9 Å². The molecule has 0 aromatic heterocycles. The summed E-state index contributed by atoms with van der Waals surface area (Å²) in [4.78, 5) is 15.3. The van der Waals surface area contributed by atoms with E-state index in [2.05, 4.69) is 36.4 Å². The van der Waals surface area contributed by atoms with E-state index < -0.39 is 0 Å². The van der Waals surface area contributed by atoms with Crippen LogP contribution in [0, 0.1) is 0 Å². The summed E-state index contributed by atoms with van der Waals surface area (Å²) < 4.78 is 6.01. The Kier molecular flexibility index (Phi) is 5.63. The molecule has 1 heterocycles. The van der Waals surface area contributed by atoms with Crippen molar-refractivity contribution in [3.05, 3.63) is 114 Å². The second-order valence-electron chi connectivity index (χ2n) is 7.63. The molecule has 4 heteroatoms. The zero-order chi connectivity index (χ0) is 21.0. The molecule has 1 unspecified atom stereocenters. The standard InChI is InChI=1S/C27H23NO2S/c29-26(23-14-13-21-9-4-5-10-22(21)17-23)28-15-16-31-27(28)24-11-6-12-25(18-24)30-19-20-7-2-1-3-8-20/h1-14,17-18,27H,15-16,19H2. The van der Waals surface area contributed by atoms with Crippen molar-refractivity contribution >= 4 is 28.4 Å². The third-order valence-corrected chi connectivity index (χ3v) is 6.80. The first-order valence-corrected chi connectivity index (χ1v) is 11.5. The molecule has 4 aromatic carbocycles. The maximum Gasteiger partial charge on any atom is 0.255 e. The molecule has 1 aliphatic rings. The van der Waals surface area contributed by atoms with Crippen LogP contribution < -0.4 is 4.74 Å². The Hall–Kier alpha value is -3.24. The minimum Gasteiger partial charge on any atom is -0.489 e.